The Hall–Kier alpha value is -1.00. The number of hydrogen-bond acceptors (Lipinski definition) is 3. The van der Waals surface area contributed by atoms with Gasteiger partial charge in [0.2, 0.25) is 0 Å². The molecule has 0 saturated carbocycles. The summed E-state index contributed by atoms with van der Waals surface area (Å²) in [5.41, 5.74) is 2.73. The van der Waals surface area contributed by atoms with Crippen LogP contribution in [0.2, 0.25) is 0 Å². The summed E-state index contributed by atoms with van der Waals surface area (Å²) in [4.78, 5) is 11.0. The number of thioether (sulfide) groups is 1. The summed E-state index contributed by atoms with van der Waals surface area (Å²) in [6.07, 6.45) is 0.714. The number of benzene rings is 1. The van der Waals surface area contributed by atoms with Gasteiger partial charge in [0, 0.05) is 30.0 Å². The molecular weight excluding hydrogens is 246 g/mol. The smallest absolute Gasteiger partial charge is 0.307 e. The highest BCUT2D eigenvalue weighted by molar-refractivity contribution is 8.00. The van der Waals surface area contributed by atoms with Crippen LogP contribution in [0.1, 0.15) is 29.5 Å². The van der Waals surface area contributed by atoms with Crippen LogP contribution in [0.4, 0.5) is 0 Å². The van der Waals surface area contributed by atoms with E-state index >= 15 is 0 Å². The van der Waals surface area contributed by atoms with Gasteiger partial charge in [0.15, 0.2) is 0 Å². The van der Waals surface area contributed by atoms with E-state index in [0.717, 1.165) is 0 Å². The minimum absolute atomic E-state index is 0.216. The fourth-order valence-corrected chi connectivity index (χ4v) is 3.61. The molecule has 2 heterocycles. The molecule has 0 aliphatic carbocycles. The average molecular weight is 263 g/mol. The third-order valence-electron chi connectivity index (χ3n) is 3.93. The van der Waals surface area contributed by atoms with Crippen LogP contribution >= 0.6 is 11.8 Å². The maximum atomic E-state index is 11.0. The van der Waals surface area contributed by atoms with Crippen LogP contribution in [0.15, 0.2) is 24.3 Å². The SMILES string of the molecule is O=C(O)C1CNC(c2ccccc2C2CSC2)C1. The Morgan fingerprint density at radius 2 is 2.00 bits per heavy atom. The molecule has 0 amide bonds. The first-order valence-corrected chi connectivity index (χ1v) is 7.54. The summed E-state index contributed by atoms with van der Waals surface area (Å²) < 4.78 is 0. The molecule has 2 aliphatic heterocycles. The van der Waals surface area contributed by atoms with Crippen LogP contribution in [0.5, 0.6) is 0 Å². The number of aliphatic carboxylic acids is 1. The summed E-state index contributed by atoms with van der Waals surface area (Å²) in [6, 6.07) is 8.72. The van der Waals surface area contributed by atoms with E-state index in [4.69, 9.17) is 5.11 Å². The van der Waals surface area contributed by atoms with Crippen LogP contribution in [0, 0.1) is 5.92 Å². The normalized spacial score (nSPS) is 28.0. The van der Waals surface area contributed by atoms with E-state index in [1.165, 1.54) is 22.6 Å². The van der Waals surface area contributed by atoms with Crippen LogP contribution < -0.4 is 5.32 Å². The van der Waals surface area contributed by atoms with Crippen molar-refractivity contribution in [2.75, 3.05) is 18.1 Å². The zero-order valence-corrected chi connectivity index (χ0v) is 11.0. The van der Waals surface area contributed by atoms with E-state index in [0.29, 0.717) is 18.9 Å². The van der Waals surface area contributed by atoms with Crippen molar-refractivity contribution >= 4 is 17.7 Å². The minimum atomic E-state index is -0.679. The summed E-state index contributed by atoms with van der Waals surface area (Å²) in [5, 5.41) is 12.4. The van der Waals surface area contributed by atoms with E-state index in [1.54, 1.807) is 0 Å². The second kappa shape index (κ2) is 4.94. The van der Waals surface area contributed by atoms with E-state index in [1.807, 2.05) is 11.8 Å². The number of nitrogens with one attached hydrogen (secondary N) is 1. The third-order valence-corrected chi connectivity index (χ3v) is 5.21. The zero-order valence-electron chi connectivity index (χ0n) is 10.1. The molecular formula is C14H17NO2S. The number of carboxylic acids is 1. The van der Waals surface area contributed by atoms with Crippen molar-refractivity contribution in [1.29, 1.82) is 0 Å². The quantitative estimate of drug-likeness (QED) is 0.878. The second-order valence-electron chi connectivity index (χ2n) is 5.09. The molecule has 4 heteroatoms. The molecule has 96 valence electrons. The first-order valence-electron chi connectivity index (χ1n) is 6.38. The third kappa shape index (κ3) is 2.15. The van der Waals surface area contributed by atoms with Gasteiger partial charge >= 0.3 is 5.97 Å². The molecule has 1 aromatic carbocycles. The maximum Gasteiger partial charge on any atom is 0.307 e. The van der Waals surface area contributed by atoms with Gasteiger partial charge in [-0.05, 0) is 17.5 Å². The van der Waals surface area contributed by atoms with Gasteiger partial charge in [0.05, 0.1) is 5.92 Å². The largest absolute Gasteiger partial charge is 0.481 e. The summed E-state index contributed by atoms with van der Waals surface area (Å²) >= 11 is 1.98. The molecule has 0 bridgehead atoms. The molecule has 0 spiro atoms. The lowest BCUT2D eigenvalue weighted by molar-refractivity contribution is -0.141. The van der Waals surface area contributed by atoms with Crippen molar-refractivity contribution in [2.24, 2.45) is 5.92 Å². The highest BCUT2D eigenvalue weighted by atomic mass is 32.2. The predicted octanol–water partition coefficient (Wildman–Crippen LogP) is 2.25. The van der Waals surface area contributed by atoms with Gasteiger partial charge in [-0.15, -0.1) is 0 Å². The fraction of sp³-hybridized carbons (Fsp3) is 0.500. The van der Waals surface area contributed by atoms with Crippen molar-refractivity contribution in [3.63, 3.8) is 0 Å². The molecule has 2 N–H and O–H groups in total. The molecule has 18 heavy (non-hydrogen) atoms. The van der Waals surface area contributed by atoms with Gasteiger partial charge in [-0.25, -0.2) is 0 Å². The number of carbonyl (C=O) groups is 1. The second-order valence-corrected chi connectivity index (χ2v) is 6.17. The van der Waals surface area contributed by atoms with Gasteiger partial charge in [-0.2, -0.15) is 11.8 Å². The Bertz CT molecular complexity index is 459. The van der Waals surface area contributed by atoms with Gasteiger partial charge in [-0.1, -0.05) is 24.3 Å². The van der Waals surface area contributed by atoms with Gasteiger partial charge in [-0.3, -0.25) is 4.79 Å². The lowest BCUT2D eigenvalue weighted by Gasteiger charge is -2.29. The molecule has 3 rings (SSSR count). The monoisotopic (exact) mass is 263 g/mol. The van der Waals surface area contributed by atoms with E-state index < -0.39 is 5.97 Å². The molecule has 2 saturated heterocycles. The Balaban J connectivity index is 1.82. The van der Waals surface area contributed by atoms with Crippen LogP contribution in [0.25, 0.3) is 0 Å². The molecule has 2 unspecified atom stereocenters. The molecule has 3 nitrogen and oxygen atoms in total. The lowest BCUT2D eigenvalue weighted by atomic mass is 9.90. The highest BCUT2D eigenvalue weighted by Crippen LogP contribution is 2.39. The Kier molecular flexibility index (Phi) is 3.31. The molecule has 2 fully saturated rings. The molecule has 1 aromatic rings. The first-order chi connectivity index (χ1) is 8.75. The van der Waals surface area contributed by atoms with E-state index in [-0.39, 0.29) is 12.0 Å². The zero-order chi connectivity index (χ0) is 12.5. The minimum Gasteiger partial charge on any atom is -0.481 e. The van der Waals surface area contributed by atoms with Crippen LogP contribution in [0.3, 0.4) is 0 Å². The Morgan fingerprint density at radius 3 is 2.56 bits per heavy atom. The standard InChI is InChI=1S/C14H17NO2S/c16-14(17)9-5-13(15-6-9)12-4-2-1-3-11(12)10-7-18-8-10/h1-4,9-10,13,15H,5-8H2,(H,16,17). The lowest BCUT2D eigenvalue weighted by Crippen LogP contribution is -2.21. The van der Waals surface area contributed by atoms with Crippen molar-refractivity contribution in [3.8, 4) is 0 Å². The number of carboxylic acid groups (broad SMARTS) is 1. The Labute approximate surface area is 111 Å². The number of rotatable bonds is 3. The van der Waals surface area contributed by atoms with Crippen LogP contribution in [-0.2, 0) is 4.79 Å². The Morgan fingerprint density at radius 1 is 1.28 bits per heavy atom. The fourth-order valence-electron chi connectivity index (χ4n) is 2.78. The summed E-state index contributed by atoms with van der Waals surface area (Å²) in [6.45, 7) is 0.591. The van der Waals surface area contributed by atoms with Crippen molar-refractivity contribution in [1.82, 2.24) is 5.32 Å². The molecule has 0 aromatic heterocycles. The van der Waals surface area contributed by atoms with Gasteiger partial charge < -0.3 is 10.4 Å². The molecule has 0 radical (unpaired) electrons. The van der Waals surface area contributed by atoms with Crippen molar-refractivity contribution in [3.05, 3.63) is 35.4 Å². The predicted molar refractivity (Wildman–Crippen MR) is 73.0 cm³/mol. The van der Waals surface area contributed by atoms with Crippen molar-refractivity contribution in [2.45, 2.75) is 18.4 Å². The summed E-state index contributed by atoms with van der Waals surface area (Å²) in [7, 11) is 0. The topological polar surface area (TPSA) is 49.3 Å². The van der Waals surface area contributed by atoms with Crippen LogP contribution in [-0.4, -0.2) is 29.1 Å². The van der Waals surface area contributed by atoms with Gasteiger partial charge in [0.25, 0.3) is 0 Å². The number of hydrogen-bond donors (Lipinski definition) is 2. The highest BCUT2D eigenvalue weighted by Gasteiger charge is 2.33. The van der Waals surface area contributed by atoms with E-state index in [2.05, 4.69) is 29.6 Å². The molecule has 2 aliphatic rings. The summed E-state index contributed by atoms with van der Waals surface area (Å²) in [5.74, 6) is 2.15. The molecule has 2 atom stereocenters. The van der Waals surface area contributed by atoms with Crippen molar-refractivity contribution < 1.29 is 9.90 Å². The van der Waals surface area contributed by atoms with E-state index in [9.17, 15) is 4.79 Å². The maximum absolute atomic E-state index is 11.0. The first kappa shape index (κ1) is 12.1. The van der Waals surface area contributed by atoms with Gasteiger partial charge in [0.1, 0.15) is 0 Å². The average Bonchev–Trinajstić information content (AvgIpc) is 2.77.